The molecule has 4 rings (SSSR count). The summed E-state index contributed by atoms with van der Waals surface area (Å²) in [5.41, 5.74) is 3.03. The molecule has 220 valence electrons. The van der Waals surface area contributed by atoms with Crippen LogP contribution in [0.3, 0.4) is 0 Å². The molecule has 3 aromatic rings. The Morgan fingerprint density at radius 2 is 1.85 bits per heavy atom. The molecule has 0 spiro atoms. The van der Waals surface area contributed by atoms with Crippen molar-refractivity contribution in [3.05, 3.63) is 70.7 Å². The van der Waals surface area contributed by atoms with Crippen LogP contribution in [0.15, 0.2) is 54.7 Å². The number of ether oxygens (including phenoxy) is 4. The second-order valence-corrected chi connectivity index (χ2v) is 10.9. The van der Waals surface area contributed by atoms with Gasteiger partial charge in [0, 0.05) is 55.1 Å². The van der Waals surface area contributed by atoms with Crippen LogP contribution in [-0.2, 0) is 30.3 Å². The smallest absolute Gasteiger partial charge is 0.249 e. The van der Waals surface area contributed by atoms with Gasteiger partial charge >= 0.3 is 0 Å². The summed E-state index contributed by atoms with van der Waals surface area (Å²) in [6, 6.07) is 15.0. The summed E-state index contributed by atoms with van der Waals surface area (Å²) in [6.45, 7) is 6.53. The maximum Gasteiger partial charge on any atom is 0.249 e. The van der Waals surface area contributed by atoms with Crippen LogP contribution in [0.4, 0.5) is 0 Å². The molecular weight excluding hydrogens is 542 g/mol. The van der Waals surface area contributed by atoms with Gasteiger partial charge in [0.1, 0.15) is 18.8 Å². The maximum absolute atomic E-state index is 13.7. The number of benzene rings is 1. The van der Waals surface area contributed by atoms with E-state index < -0.39 is 6.04 Å². The molecule has 9 nitrogen and oxygen atoms in total. The van der Waals surface area contributed by atoms with E-state index in [1.54, 1.807) is 18.1 Å². The van der Waals surface area contributed by atoms with Gasteiger partial charge in [0.05, 0.1) is 26.4 Å². The number of pyridine rings is 1. The Hall–Kier alpha value is -3.31. The number of amides is 2. The highest BCUT2D eigenvalue weighted by Crippen LogP contribution is 2.35. The van der Waals surface area contributed by atoms with E-state index in [1.165, 1.54) is 16.9 Å². The zero-order chi connectivity index (χ0) is 29.0. The standard InChI is InChI=1S/C31H39N3O6S/c1-4-37-17-18-39-21-29(35)34(20-23-11-14-33-28(19-23)40-25-12-15-38-16-13-25)30(31(36)32-3)27-10-9-26(41-27)24-7-5-22(2)6-8-24/h5-11,14,19,25,30H,4,12-13,15-18,20-21H2,1-3H3,(H,32,36). The first-order valence-electron chi connectivity index (χ1n) is 14.0. The Bertz CT molecular complexity index is 1260. The van der Waals surface area contributed by atoms with Gasteiger partial charge in [-0.25, -0.2) is 4.98 Å². The number of aryl methyl sites for hydroxylation is 1. The second-order valence-electron chi connectivity index (χ2n) is 9.79. The summed E-state index contributed by atoms with van der Waals surface area (Å²) < 4.78 is 22.5. The van der Waals surface area contributed by atoms with Gasteiger partial charge in [-0.3, -0.25) is 9.59 Å². The molecule has 1 fully saturated rings. The average Bonchev–Trinajstić information content (AvgIpc) is 3.47. The third kappa shape index (κ3) is 8.84. The number of likely N-dealkylation sites (N-methyl/N-ethyl adjacent to an activating group) is 1. The first kappa shape index (κ1) is 30.6. The van der Waals surface area contributed by atoms with Crippen molar-refractivity contribution < 1.29 is 28.5 Å². The molecule has 0 aliphatic carbocycles. The summed E-state index contributed by atoms with van der Waals surface area (Å²) in [7, 11) is 1.58. The Labute approximate surface area is 245 Å². The molecule has 0 radical (unpaired) electrons. The number of carbonyl (C=O) groups excluding carboxylic acids is 2. The SMILES string of the molecule is CCOCCOCC(=O)N(Cc1ccnc(OC2CCOCC2)c1)C(C(=O)NC)c1ccc(-c2ccc(C)cc2)s1. The lowest BCUT2D eigenvalue weighted by Gasteiger charge is -2.30. The van der Waals surface area contributed by atoms with Gasteiger partial charge in [-0.15, -0.1) is 11.3 Å². The van der Waals surface area contributed by atoms with Gasteiger partial charge in [0.25, 0.3) is 0 Å². The van der Waals surface area contributed by atoms with Crippen LogP contribution in [0.25, 0.3) is 10.4 Å². The molecule has 0 bridgehead atoms. The average molecular weight is 582 g/mol. The van der Waals surface area contributed by atoms with E-state index in [0.29, 0.717) is 32.3 Å². The fraction of sp³-hybridized carbons (Fsp3) is 0.452. The third-order valence-electron chi connectivity index (χ3n) is 6.77. The third-order valence-corrected chi connectivity index (χ3v) is 7.96. The monoisotopic (exact) mass is 581 g/mol. The largest absolute Gasteiger partial charge is 0.474 e. The molecule has 10 heteroatoms. The second kappa shape index (κ2) is 15.6. The van der Waals surface area contributed by atoms with Crippen molar-refractivity contribution in [1.29, 1.82) is 0 Å². The van der Waals surface area contributed by atoms with Gasteiger partial charge < -0.3 is 29.2 Å². The topological polar surface area (TPSA) is 99.2 Å². The van der Waals surface area contributed by atoms with E-state index in [2.05, 4.69) is 34.6 Å². The Morgan fingerprint density at radius 1 is 1.10 bits per heavy atom. The number of aromatic nitrogens is 1. The molecule has 1 unspecified atom stereocenters. The van der Waals surface area contributed by atoms with Gasteiger partial charge in [0.15, 0.2) is 0 Å². The molecule has 1 N–H and O–H groups in total. The minimum Gasteiger partial charge on any atom is -0.474 e. The van der Waals surface area contributed by atoms with Crippen LogP contribution >= 0.6 is 11.3 Å². The Morgan fingerprint density at radius 3 is 2.59 bits per heavy atom. The molecular formula is C31H39N3O6S. The maximum atomic E-state index is 13.7. The number of thiophene rings is 1. The zero-order valence-electron chi connectivity index (χ0n) is 24.0. The fourth-order valence-corrected chi connectivity index (χ4v) is 5.66. The summed E-state index contributed by atoms with van der Waals surface area (Å²) >= 11 is 1.50. The fourth-order valence-electron chi connectivity index (χ4n) is 4.54. The summed E-state index contributed by atoms with van der Waals surface area (Å²) in [5, 5.41) is 2.75. The van der Waals surface area contributed by atoms with E-state index in [0.717, 1.165) is 33.7 Å². The first-order chi connectivity index (χ1) is 20.0. The number of hydrogen-bond donors (Lipinski definition) is 1. The van der Waals surface area contributed by atoms with Crippen molar-refractivity contribution in [1.82, 2.24) is 15.2 Å². The lowest BCUT2D eigenvalue weighted by atomic mass is 10.1. The minimum absolute atomic E-state index is 0.0351. The molecule has 1 saturated heterocycles. The van der Waals surface area contributed by atoms with Crippen LogP contribution in [0, 0.1) is 6.92 Å². The van der Waals surface area contributed by atoms with Crippen LogP contribution < -0.4 is 10.1 Å². The number of nitrogens with one attached hydrogen (secondary N) is 1. The zero-order valence-corrected chi connectivity index (χ0v) is 24.8. The summed E-state index contributed by atoms with van der Waals surface area (Å²) in [5.74, 6) is -0.0918. The molecule has 1 aliphatic rings. The number of nitrogens with zero attached hydrogens (tertiary/aromatic N) is 2. The quantitative estimate of drug-likeness (QED) is 0.279. The highest BCUT2D eigenvalue weighted by atomic mass is 32.1. The lowest BCUT2D eigenvalue weighted by Crippen LogP contribution is -2.43. The Balaban J connectivity index is 1.60. The van der Waals surface area contributed by atoms with Crippen molar-refractivity contribution in [3.8, 4) is 16.3 Å². The number of hydrogen-bond acceptors (Lipinski definition) is 8. The minimum atomic E-state index is -0.847. The molecule has 2 aromatic heterocycles. The molecule has 2 amide bonds. The predicted octanol–water partition coefficient (Wildman–Crippen LogP) is 4.55. The van der Waals surface area contributed by atoms with E-state index >= 15 is 0 Å². The lowest BCUT2D eigenvalue weighted by molar-refractivity contribution is -0.145. The van der Waals surface area contributed by atoms with Crippen LogP contribution in [0.2, 0.25) is 0 Å². The molecule has 41 heavy (non-hydrogen) atoms. The first-order valence-corrected chi connectivity index (χ1v) is 14.8. The van der Waals surface area contributed by atoms with E-state index in [4.69, 9.17) is 18.9 Å². The van der Waals surface area contributed by atoms with Crippen molar-refractivity contribution in [2.75, 3.05) is 46.7 Å². The molecule has 0 saturated carbocycles. The molecule has 1 atom stereocenters. The highest BCUT2D eigenvalue weighted by Gasteiger charge is 2.32. The number of rotatable bonds is 14. The number of carbonyl (C=O) groups is 2. The van der Waals surface area contributed by atoms with Gasteiger partial charge in [-0.2, -0.15) is 0 Å². The van der Waals surface area contributed by atoms with Crippen molar-refractivity contribution in [3.63, 3.8) is 0 Å². The Kier molecular flexibility index (Phi) is 11.7. The van der Waals surface area contributed by atoms with E-state index in [-0.39, 0.29) is 37.7 Å². The van der Waals surface area contributed by atoms with E-state index in [1.807, 2.05) is 38.1 Å². The molecule has 1 aliphatic heterocycles. The normalized spacial score (nSPS) is 14.4. The van der Waals surface area contributed by atoms with Crippen molar-refractivity contribution in [2.45, 2.75) is 45.4 Å². The summed E-state index contributed by atoms with van der Waals surface area (Å²) in [4.78, 5) is 34.8. The van der Waals surface area contributed by atoms with E-state index in [9.17, 15) is 9.59 Å². The van der Waals surface area contributed by atoms with Crippen molar-refractivity contribution >= 4 is 23.2 Å². The van der Waals surface area contributed by atoms with Crippen molar-refractivity contribution in [2.24, 2.45) is 0 Å². The van der Waals surface area contributed by atoms with Gasteiger partial charge in [0.2, 0.25) is 17.7 Å². The molecule has 3 heterocycles. The van der Waals surface area contributed by atoms with Crippen LogP contribution in [0.5, 0.6) is 5.88 Å². The van der Waals surface area contributed by atoms with Gasteiger partial charge in [-0.05, 0) is 43.2 Å². The van der Waals surface area contributed by atoms with Crippen LogP contribution in [-0.4, -0.2) is 74.5 Å². The predicted molar refractivity (Wildman–Crippen MR) is 158 cm³/mol. The van der Waals surface area contributed by atoms with Crippen LogP contribution in [0.1, 0.15) is 41.8 Å². The van der Waals surface area contributed by atoms with Gasteiger partial charge in [-0.1, -0.05) is 29.8 Å². The summed E-state index contributed by atoms with van der Waals surface area (Å²) in [6.07, 6.45) is 3.31. The highest BCUT2D eigenvalue weighted by molar-refractivity contribution is 7.15. The molecule has 1 aromatic carbocycles.